The lowest BCUT2D eigenvalue weighted by molar-refractivity contribution is 0.419. The van der Waals surface area contributed by atoms with Crippen molar-refractivity contribution in [2.75, 3.05) is 0 Å². The van der Waals surface area contributed by atoms with Crippen LogP contribution < -0.4 is 30.2 Å². The Morgan fingerprint density at radius 1 is 0.373 bits per heavy atom. The van der Waals surface area contributed by atoms with Crippen LogP contribution in [0.25, 0.3) is 22.3 Å². The Labute approximate surface area is 358 Å². The lowest BCUT2D eigenvalue weighted by atomic mass is 9.74. The van der Waals surface area contributed by atoms with Crippen LogP contribution in [0.3, 0.4) is 0 Å². The Balaban J connectivity index is 1.28. The normalized spacial score (nSPS) is 16.4. The molecule has 8 aromatic rings. The largest absolute Gasteiger partial charge is 0.456 e. The molecule has 0 fully saturated rings. The van der Waals surface area contributed by atoms with Gasteiger partial charge in [0.2, 0.25) is 0 Å². The maximum absolute atomic E-state index is 8.91. The Bertz CT molecular complexity index is 2920. The topological polar surface area (TPSA) is 18.5 Å². The van der Waals surface area contributed by atoms with Gasteiger partial charge in [0.1, 0.15) is 23.0 Å². The summed E-state index contributed by atoms with van der Waals surface area (Å²) in [6.07, 6.45) is 0. The monoisotopic (exact) mass is 786 g/mol. The summed E-state index contributed by atoms with van der Waals surface area (Å²) in [6.45, 7) is 3.78. The fourth-order valence-corrected chi connectivity index (χ4v) is 14.5. The highest BCUT2D eigenvalue weighted by Crippen LogP contribution is 2.53. The molecule has 288 valence electrons. The minimum Gasteiger partial charge on any atom is -0.456 e. The summed E-state index contributed by atoms with van der Waals surface area (Å²) in [5, 5.41) is 3.96. The Morgan fingerprint density at radius 3 is 1.19 bits per heavy atom. The van der Waals surface area contributed by atoms with Crippen LogP contribution in [0.4, 0.5) is 0 Å². The quantitative estimate of drug-likeness (QED) is 0.123. The van der Waals surface area contributed by atoms with Gasteiger partial charge >= 0.3 is 0 Å². The van der Waals surface area contributed by atoms with Crippen molar-refractivity contribution in [1.29, 1.82) is 0 Å². The molecule has 0 unspecified atom stereocenters. The van der Waals surface area contributed by atoms with Crippen molar-refractivity contribution in [3.63, 3.8) is 0 Å². The van der Waals surface area contributed by atoms with Gasteiger partial charge in [0.15, 0.2) is 8.07 Å². The zero-order valence-electron chi connectivity index (χ0n) is 39.6. The van der Waals surface area contributed by atoms with Crippen molar-refractivity contribution in [2.24, 2.45) is 0 Å². The van der Waals surface area contributed by atoms with Crippen molar-refractivity contribution in [3.05, 3.63) is 215 Å². The number of hydrogen-bond acceptors (Lipinski definition) is 2. The van der Waals surface area contributed by atoms with Crippen LogP contribution in [0.15, 0.2) is 182 Å². The Morgan fingerprint density at radius 2 is 0.763 bits per heavy atom. The van der Waals surface area contributed by atoms with E-state index < -0.39 is 32.6 Å². The molecular weight excluding hydrogens is 733 g/mol. The third-order valence-corrected chi connectivity index (χ3v) is 17.6. The summed E-state index contributed by atoms with van der Waals surface area (Å²) in [6, 6.07) is 60.5. The van der Waals surface area contributed by atoms with E-state index >= 15 is 0 Å². The summed E-state index contributed by atoms with van der Waals surface area (Å²) in [5.41, 5.74) is 6.13. The van der Waals surface area contributed by atoms with Crippen LogP contribution in [0.5, 0.6) is 23.0 Å². The van der Waals surface area contributed by atoms with E-state index in [9.17, 15) is 0 Å². The third-order valence-electron chi connectivity index (χ3n) is 12.8. The molecule has 0 saturated heterocycles. The number of rotatable bonds is 6. The fourth-order valence-electron chi connectivity index (χ4n) is 9.73. The lowest BCUT2D eigenvalue weighted by Gasteiger charge is -2.37. The number of aryl methyl sites for hydroxylation is 2. The summed E-state index contributed by atoms with van der Waals surface area (Å²) in [5.74, 6) is 2.74. The van der Waals surface area contributed by atoms with Crippen LogP contribution in [-0.2, 0) is 10.8 Å². The van der Waals surface area contributed by atoms with E-state index in [0.717, 1.165) is 54.5 Å². The molecule has 2 nitrogen and oxygen atoms in total. The molecule has 2 heterocycles. The predicted molar refractivity (Wildman–Crippen MR) is 248 cm³/mol. The summed E-state index contributed by atoms with van der Waals surface area (Å²) in [4.78, 5) is 0. The van der Waals surface area contributed by atoms with Gasteiger partial charge in [-0.3, -0.25) is 0 Å². The molecule has 8 aromatic carbocycles. The maximum atomic E-state index is 8.91. The van der Waals surface area contributed by atoms with E-state index in [2.05, 4.69) is 88.4 Å². The molecule has 0 saturated carbocycles. The average molecular weight is 787 g/mol. The molecule has 0 amide bonds. The first-order valence-corrected chi connectivity index (χ1v) is 22.3. The van der Waals surface area contributed by atoms with Crippen molar-refractivity contribution in [1.82, 2.24) is 0 Å². The summed E-state index contributed by atoms with van der Waals surface area (Å²) in [7, 11) is -3.48. The van der Waals surface area contributed by atoms with Crippen LogP contribution >= 0.6 is 0 Å². The zero-order valence-corrected chi connectivity index (χ0v) is 34.6. The molecule has 0 spiro atoms. The van der Waals surface area contributed by atoms with Crippen molar-refractivity contribution in [3.8, 4) is 45.3 Å². The van der Waals surface area contributed by atoms with Gasteiger partial charge in [-0.25, -0.2) is 0 Å². The smallest absolute Gasteiger partial charge is 0.179 e. The molecule has 0 N–H and O–H groups in total. The van der Waals surface area contributed by atoms with E-state index in [1.807, 2.05) is 109 Å². The SMILES string of the molecule is [2H]C([2H])([2H])c1ccc([Si](c2ccccc2)(c2ccccc2)c2ccc(C([2H])([2H])[2H])c(-c3cccc4c3Oc3ccccc3C4(C)C)c2)cc1-c1cccc2c1Oc1ccccc1C2(C)C. The molecule has 0 aliphatic carbocycles. The van der Waals surface area contributed by atoms with Gasteiger partial charge in [0.25, 0.3) is 0 Å². The highest BCUT2D eigenvalue weighted by Gasteiger charge is 2.43. The summed E-state index contributed by atoms with van der Waals surface area (Å²) < 4.78 is 67.1. The van der Waals surface area contributed by atoms with Crippen molar-refractivity contribution >= 4 is 28.8 Å². The van der Waals surface area contributed by atoms with E-state index in [1.54, 1.807) is 12.1 Å². The number of benzene rings is 8. The molecule has 0 radical (unpaired) electrons. The Hall–Kier alpha value is -6.42. The van der Waals surface area contributed by atoms with Crippen molar-refractivity contribution in [2.45, 2.75) is 52.2 Å². The van der Waals surface area contributed by atoms with Crippen molar-refractivity contribution < 1.29 is 17.7 Å². The number of fused-ring (bicyclic) bond motifs is 4. The first-order valence-electron chi connectivity index (χ1n) is 23.3. The average Bonchev–Trinajstić information content (AvgIpc) is 3.29. The second-order valence-corrected chi connectivity index (χ2v) is 20.6. The zero-order chi connectivity index (χ0) is 45.5. The van der Waals surface area contributed by atoms with E-state index in [1.165, 1.54) is 0 Å². The molecule has 0 aromatic heterocycles. The minimum absolute atomic E-state index is 0.216. The molecule has 2 aliphatic heterocycles. The second kappa shape index (κ2) is 13.9. The van der Waals surface area contributed by atoms with Gasteiger partial charge in [0.05, 0.1) is 0 Å². The van der Waals surface area contributed by atoms with E-state index in [4.69, 9.17) is 17.7 Å². The minimum atomic E-state index is -3.48. The summed E-state index contributed by atoms with van der Waals surface area (Å²) >= 11 is 0. The lowest BCUT2D eigenvalue weighted by Crippen LogP contribution is -2.74. The molecule has 10 rings (SSSR count). The standard InChI is InChI=1S/C56H48O2Si/c1-37-31-33-41(35-45(37)43-23-17-27-49-53(43)57-51-29-15-13-25-47(51)55(49,3)4)59(39-19-9-7-10-20-39,40-21-11-8-12-22-40)42-34-32-38(2)46(36-42)44-24-18-28-50-54(44)58-52-30-16-14-26-48(52)56(50,5)6/h7-36H,1-6H3/i1D3,2D3. The molecule has 0 atom stereocenters. The molecule has 0 bridgehead atoms. The van der Waals surface area contributed by atoms with Gasteiger partial charge in [-0.05, 0) is 68.8 Å². The van der Waals surface area contributed by atoms with E-state index in [0.29, 0.717) is 33.8 Å². The van der Waals surface area contributed by atoms with Crippen LogP contribution in [0.2, 0.25) is 0 Å². The van der Waals surface area contributed by atoms with Gasteiger partial charge < -0.3 is 9.47 Å². The molecule has 3 heteroatoms. The Kier molecular flexibility index (Phi) is 7.19. The molecular formula is C56H48O2Si. The number of ether oxygens (including phenoxy) is 2. The molecule has 2 aliphatic rings. The van der Waals surface area contributed by atoms with Crippen LogP contribution in [-0.4, -0.2) is 8.07 Å². The molecule has 59 heavy (non-hydrogen) atoms. The van der Waals surface area contributed by atoms with E-state index in [-0.39, 0.29) is 11.1 Å². The second-order valence-electron chi connectivity index (χ2n) is 16.8. The number of hydrogen-bond donors (Lipinski definition) is 0. The highest BCUT2D eigenvalue weighted by molar-refractivity contribution is 7.20. The van der Waals surface area contributed by atoms with Gasteiger partial charge in [-0.2, -0.15) is 0 Å². The van der Waals surface area contributed by atoms with Crippen LogP contribution in [0.1, 0.15) is 69.3 Å². The van der Waals surface area contributed by atoms with Gasteiger partial charge in [0, 0.05) is 52.4 Å². The van der Waals surface area contributed by atoms with Gasteiger partial charge in [-0.15, -0.1) is 0 Å². The highest BCUT2D eigenvalue weighted by atomic mass is 28.3. The number of para-hydroxylation sites is 4. The maximum Gasteiger partial charge on any atom is 0.179 e. The predicted octanol–water partition coefficient (Wildman–Crippen LogP) is 11.9. The third kappa shape index (κ3) is 5.67. The first-order chi connectivity index (χ1) is 31.0. The fraction of sp³-hybridized carbons (Fsp3) is 0.143. The van der Waals surface area contributed by atoms with Crippen LogP contribution in [0, 0.1) is 13.7 Å². The first kappa shape index (κ1) is 30.6. The van der Waals surface area contributed by atoms with Gasteiger partial charge in [-0.1, -0.05) is 198 Å².